The summed E-state index contributed by atoms with van der Waals surface area (Å²) in [4.78, 5) is 16.9. The summed E-state index contributed by atoms with van der Waals surface area (Å²) in [6.07, 6.45) is 4.96. The third-order valence-corrected chi connectivity index (χ3v) is 6.58. The normalized spacial score (nSPS) is 18.5. The molecule has 2 aliphatic rings. The predicted molar refractivity (Wildman–Crippen MR) is 129 cm³/mol. The molecule has 1 aromatic heterocycles. The molecule has 0 atom stereocenters. The first-order chi connectivity index (χ1) is 15.7. The van der Waals surface area contributed by atoms with Crippen LogP contribution in [0.2, 0.25) is 0 Å². The molecule has 0 radical (unpaired) electrons. The SMILES string of the molecule is CCCNC(=O)C1CCN(c2ccc(NC3CCN(Cc4ccccc4)CC3)nn2)CC1. The maximum atomic E-state index is 12.2. The zero-order chi connectivity index (χ0) is 22.2. The van der Waals surface area contributed by atoms with Crippen LogP contribution in [0.15, 0.2) is 42.5 Å². The lowest BCUT2D eigenvalue weighted by molar-refractivity contribution is -0.125. The van der Waals surface area contributed by atoms with Gasteiger partial charge in [-0.3, -0.25) is 9.69 Å². The molecule has 0 saturated carbocycles. The molecule has 0 spiro atoms. The summed E-state index contributed by atoms with van der Waals surface area (Å²) in [6.45, 7) is 7.77. The van der Waals surface area contributed by atoms with Gasteiger partial charge in [-0.15, -0.1) is 10.2 Å². The summed E-state index contributed by atoms with van der Waals surface area (Å²) in [6, 6.07) is 15.2. The zero-order valence-electron chi connectivity index (χ0n) is 19.2. The number of rotatable bonds is 8. The first kappa shape index (κ1) is 22.5. The monoisotopic (exact) mass is 436 g/mol. The van der Waals surface area contributed by atoms with Crippen molar-refractivity contribution >= 4 is 17.5 Å². The fraction of sp³-hybridized carbons (Fsp3) is 0.560. The van der Waals surface area contributed by atoms with Crippen molar-refractivity contribution in [1.82, 2.24) is 20.4 Å². The van der Waals surface area contributed by atoms with Crippen molar-refractivity contribution in [3.63, 3.8) is 0 Å². The molecule has 1 aromatic carbocycles. The second-order valence-electron chi connectivity index (χ2n) is 9.01. The van der Waals surface area contributed by atoms with Gasteiger partial charge in [0.05, 0.1) is 0 Å². The molecule has 0 aliphatic carbocycles. The van der Waals surface area contributed by atoms with Crippen LogP contribution in [0.4, 0.5) is 11.6 Å². The van der Waals surface area contributed by atoms with Crippen molar-refractivity contribution in [2.45, 2.75) is 51.6 Å². The quantitative estimate of drug-likeness (QED) is 0.662. The molecule has 3 heterocycles. The number of carbonyl (C=O) groups excluding carboxylic acids is 1. The second-order valence-corrected chi connectivity index (χ2v) is 9.01. The van der Waals surface area contributed by atoms with Crippen LogP contribution in [0.25, 0.3) is 0 Å². The van der Waals surface area contributed by atoms with Crippen LogP contribution >= 0.6 is 0 Å². The van der Waals surface area contributed by atoms with Gasteiger partial charge in [-0.25, -0.2) is 0 Å². The minimum atomic E-state index is 0.124. The maximum absolute atomic E-state index is 12.2. The van der Waals surface area contributed by atoms with Crippen molar-refractivity contribution in [3.8, 4) is 0 Å². The van der Waals surface area contributed by atoms with Crippen LogP contribution in [0.5, 0.6) is 0 Å². The topological polar surface area (TPSA) is 73.4 Å². The Labute approximate surface area is 191 Å². The van der Waals surface area contributed by atoms with Gasteiger partial charge < -0.3 is 15.5 Å². The Hall–Kier alpha value is -2.67. The van der Waals surface area contributed by atoms with Gasteiger partial charge in [-0.05, 0) is 49.8 Å². The van der Waals surface area contributed by atoms with E-state index in [-0.39, 0.29) is 11.8 Å². The van der Waals surface area contributed by atoms with E-state index < -0.39 is 0 Å². The van der Waals surface area contributed by atoms with Crippen molar-refractivity contribution in [2.24, 2.45) is 5.92 Å². The van der Waals surface area contributed by atoms with Gasteiger partial charge in [-0.2, -0.15) is 0 Å². The van der Waals surface area contributed by atoms with Crippen LogP contribution in [0, 0.1) is 5.92 Å². The van der Waals surface area contributed by atoms with Gasteiger partial charge in [0, 0.05) is 51.2 Å². The highest BCUT2D eigenvalue weighted by Gasteiger charge is 2.25. The van der Waals surface area contributed by atoms with E-state index in [4.69, 9.17) is 0 Å². The lowest BCUT2D eigenvalue weighted by Gasteiger charge is -2.33. The lowest BCUT2D eigenvalue weighted by Crippen LogP contribution is -2.41. The Morgan fingerprint density at radius 3 is 2.38 bits per heavy atom. The number of nitrogens with zero attached hydrogens (tertiary/aromatic N) is 4. The molecule has 1 amide bonds. The summed E-state index contributed by atoms with van der Waals surface area (Å²) in [5.74, 6) is 2.08. The Morgan fingerprint density at radius 2 is 1.72 bits per heavy atom. The van der Waals surface area contributed by atoms with Gasteiger partial charge in [0.15, 0.2) is 5.82 Å². The third kappa shape index (κ3) is 6.19. The van der Waals surface area contributed by atoms with E-state index in [9.17, 15) is 4.79 Å². The lowest BCUT2D eigenvalue weighted by atomic mass is 9.96. The van der Waals surface area contributed by atoms with E-state index in [0.29, 0.717) is 6.04 Å². The number of hydrogen-bond acceptors (Lipinski definition) is 6. The average Bonchev–Trinajstić information content (AvgIpc) is 2.85. The van der Waals surface area contributed by atoms with Crippen LogP contribution < -0.4 is 15.5 Å². The fourth-order valence-corrected chi connectivity index (χ4v) is 4.62. The third-order valence-electron chi connectivity index (χ3n) is 6.58. The zero-order valence-corrected chi connectivity index (χ0v) is 19.2. The number of anilines is 2. The number of likely N-dealkylation sites (tertiary alicyclic amines) is 1. The van der Waals surface area contributed by atoms with Crippen LogP contribution in [-0.2, 0) is 11.3 Å². The average molecular weight is 437 g/mol. The number of carbonyl (C=O) groups is 1. The molecule has 172 valence electrons. The van der Waals surface area contributed by atoms with E-state index in [1.54, 1.807) is 0 Å². The number of benzene rings is 1. The number of nitrogens with one attached hydrogen (secondary N) is 2. The molecule has 2 saturated heterocycles. The first-order valence-electron chi connectivity index (χ1n) is 12.1. The second kappa shape index (κ2) is 11.3. The van der Waals surface area contributed by atoms with E-state index >= 15 is 0 Å². The number of hydrogen-bond donors (Lipinski definition) is 2. The molecule has 2 aliphatic heterocycles. The Morgan fingerprint density at radius 1 is 0.969 bits per heavy atom. The molecule has 0 unspecified atom stereocenters. The van der Waals surface area contributed by atoms with Crippen LogP contribution in [0.1, 0.15) is 44.6 Å². The van der Waals surface area contributed by atoms with E-state index in [2.05, 4.69) is 74.0 Å². The molecule has 7 nitrogen and oxygen atoms in total. The Kier molecular flexibility index (Phi) is 7.93. The van der Waals surface area contributed by atoms with Crippen LogP contribution in [-0.4, -0.2) is 59.8 Å². The van der Waals surface area contributed by atoms with Crippen molar-refractivity contribution in [3.05, 3.63) is 48.0 Å². The molecular weight excluding hydrogens is 400 g/mol. The molecule has 4 rings (SSSR count). The highest BCUT2D eigenvalue weighted by molar-refractivity contribution is 5.78. The number of aromatic nitrogens is 2. The highest BCUT2D eigenvalue weighted by Crippen LogP contribution is 2.23. The Balaban J connectivity index is 1.20. The highest BCUT2D eigenvalue weighted by atomic mass is 16.1. The van der Waals surface area contributed by atoms with Gasteiger partial charge >= 0.3 is 0 Å². The summed E-state index contributed by atoms with van der Waals surface area (Å²) >= 11 is 0. The van der Waals surface area contributed by atoms with Crippen molar-refractivity contribution in [2.75, 3.05) is 42.9 Å². The smallest absolute Gasteiger partial charge is 0.223 e. The molecule has 2 fully saturated rings. The fourth-order valence-electron chi connectivity index (χ4n) is 4.62. The minimum absolute atomic E-state index is 0.124. The number of piperidine rings is 2. The number of amides is 1. The van der Waals surface area contributed by atoms with Crippen molar-refractivity contribution in [1.29, 1.82) is 0 Å². The molecular formula is C25H36N6O. The van der Waals surface area contributed by atoms with E-state index in [0.717, 1.165) is 83.0 Å². The molecule has 2 N–H and O–H groups in total. The molecule has 7 heteroatoms. The van der Waals surface area contributed by atoms with Crippen LogP contribution in [0.3, 0.4) is 0 Å². The molecule has 2 aromatic rings. The van der Waals surface area contributed by atoms with Gasteiger partial charge in [0.1, 0.15) is 5.82 Å². The molecule has 32 heavy (non-hydrogen) atoms. The van der Waals surface area contributed by atoms with E-state index in [1.165, 1.54) is 5.56 Å². The predicted octanol–water partition coefficient (Wildman–Crippen LogP) is 3.30. The van der Waals surface area contributed by atoms with Crippen molar-refractivity contribution < 1.29 is 4.79 Å². The standard InChI is InChI=1S/C25H36N6O/c1-2-14-26-25(32)21-10-17-31(18-11-21)24-9-8-23(28-29-24)27-22-12-15-30(16-13-22)19-20-6-4-3-5-7-20/h3-9,21-22H,2,10-19H2,1H3,(H,26,32)(H,27,28). The molecule has 0 bridgehead atoms. The van der Waals surface area contributed by atoms with Gasteiger partial charge in [0.25, 0.3) is 0 Å². The minimum Gasteiger partial charge on any atom is -0.366 e. The Bertz CT molecular complexity index is 827. The summed E-state index contributed by atoms with van der Waals surface area (Å²) in [5, 5.41) is 15.5. The first-order valence-corrected chi connectivity index (χ1v) is 12.1. The summed E-state index contributed by atoms with van der Waals surface area (Å²) in [7, 11) is 0. The largest absolute Gasteiger partial charge is 0.366 e. The van der Waals surface area contributed by atoms with E-state index in [1.807, 2.05) is 6.07 Å². The maximum Gasteiger partial charge on any atom is 0.223 e. The summed E-state index contributed by atoms with van der Waals surface area (Å²) < 4.78 is 0. The van der Waals surface area contributed by atoms with Gasteiger partial charge in [0.2, 0.25) is 5.91 Å². The summed E-state index contributed by atoms with van der Waals surface area (Å²) in [5.41, 5.74) is 1.38. The van der Waals surface area contributed by atoms with Gasteiger partial charge in [-0.1, -0.05) is 37.3 Å².